The molecule has 0 aliphatic heterocycles. The first-order valence-corrected chi connectivity index (χ1v) is 14.1. The number of aliphatic hydroxyl groups excluding tert-OH is 1. The van der Waals surface area contributed by atoms with E-state index in [1.165, 1.54) is 30.9 Å². The van der Waals surface area contributed by atoms with Crippen molar-refractivity contribution >= 4 is 27.5 Å². The SMILES string of the molecule is CC(=O)/C=C(/C)O.Cc1c(-c2ccccc2)oc2c(-c3ccccc3)cc(-c3nccc4ccc(C(C)C)cc34)[c-]c12.[Ir]. The van der Waals surface area contributed by atoms with Gasteiger partial charge in [0.1, 0.15) is 0 Å². The van der Waals surface area contributed by atoms with Gasteiger partial charge in [-0.25, -0.2) is 0 Å². The quantitative estimate of drug-likeness (QED) is 0.108. The van der Waals surface area contributed by atoms with Crippen LogP contribution in [-0.2, 0) is 24.9 Å². The van der Waals surface area contributed by atoms with E-state index in [0.29, 0.717) is 5.92 Å². The van der Waals surface area contributed by atoms with Gasteiger partial charge >= 0.3 is 0 Å². The summed E-state index contributed by atoms with van der Waals surface area (Å²) in [6, 6.07) is 35.4. The molecule has 43 heavy (non-hydrogen) atoms. The van der Waals surface area contributed by atoms with Crippen molar-refractivity contribution in [1.82, 2.24) is 4.98 Å². The van der Waals surface area contributed by atoms with Crippen LogP contribution in [0.3, 0.4) is 0 Å². The minimum absolute atomic E-state index is 0. The van der Waals surface area contributed by atoms with Gasteiger partial charge in [0.15, 0.2) is 5.78 Å². The third kappa shape index (κ3) is 7.02. The maximum atomic E-state index is 10.0. The fourth-order valence-corrected chi connectivity index (χ4v) is 5.11. The molecule has 0 unspecified atom stereocenters. The van der Waals surface area contributed by atoms with E-state index in [-0.39, 0.29) is 31.6 Å². The van der Waals surface area contributed by atoms with Crippen molar-refractivity contribution in [3.63, 3.8) is 0 Å². The molecule has 219 valence electrons. The van der Waals surface area contributed by atoms with Crippen molar-refractivity contribution in [2.45, 2.75) is 40.5 Å². The first-order chi connectivity index (χ1) is 20.2. The van der Waals surface area contributed by atoms with Crippen LogP contribution < -0.4 is 0 Å². The van der Waals surface area contributed by atoms with Crippen molar-refractivity contribution in [2.24, 2.45) is 0 Å². The molecular formula is C38H34IrNO3-. The predicted octanol–water partition coefficient (Wildman–Crippen LogP) is 10.2. The number of benzene rings is 4. The van der Waals surface area contributed by atoms with Gasteiger partial charge in [0.2, 0.25) is 0 Å². The number of aromatic nitrogens is 1. The van der Waals surface area contributed by atoms with Crippen LogP contribution in [0.2, 0.25) is 0 Å². The molecule has 6 rings (SSSR count). The molecule has 4 aromatic carbocycles. The van der Waals surface area contributed by atoms with Gasteiger partial charge in [0.25, 0.3) is 0 Å². The van der Waals surface area contributed by atoms with Crippen LogP contribution in [0, 0.1) is 13.0 Å². The van der Waals surface area contributed by atoms with Crippen LogP contribution in [0.15, 0.2) is 113 Å². The van der Waals surface area contributed by atoms with Gasteiger partial charge in [-0.3, -0.25) is 9.78 Å². The summed E-state index contributed by atoms with van der Waals surface area (Å²) in [7, 11) is 0. The van der Waals surface area contributed by atoms with E-state index in [4.69, 9.17) is 14.5 Å². The number of carbonyl (C=O) groups is 1. The second-order valence-corrected chi connectivity index (χ2v) is 10.8. The second kappa shape index (κ2) is 13.8. The summed E-state index contributed by atoms with van der Waals surface area (Å²) in [6.45, 7) is 9.42. The number of hydrogen-bond acceptors (Lipinski definition) is 4. The molecule has 0 bridgehead atoms. The predicted molar refractivity (Wildman–Crippen MR) is 173 cm³/mol. The monoisotopic (exact) mass is 745 g/mol. The maximum absolute atomic E-state index is 10.0. The van der Waals surface area contributed by atoms with E-state index in [0.717, 1.165) is 55.6 Å². The Hall–Kier alpha value is -4.31. The van der Waals surface area contributed by atoms with E-state index in [9.17, 15) is 4.79 Å². The minimum Gasteiger partial charge on any atom is -0.512 e. The number of aryl methyl sites for hydroxylation is 1. The first-order valence-electron chi connectivity index (χ1n) is 14.1. The standard InChI is InChI=1S/C33H26NO.C5H8O2.Ir/c1-21(2)26-15-14-24-16-17-34-31(29(24)18-26)27-19-28-22(3)32(25-12-8-5-9-13-25)35-33(28)30(20-27)23-10-6-4-7-11-23;1-4(6)3-5(2)7;/h4-18,20-21H,1-3H3;3,6H,1-2H3;/q-1;;/b;4-3-;. The molecule has 4 nitrogen and oxygen atoms in total. The summed E-state index contributed by atoms with van der Waals surface area (Å²) in [6.07, 6.45) is 3.06. The Bertz CT molecular complexity index is 1900. The molecule has 0 amide bonds. The molecule has 0 atom stereocenters. The van der Waals surface area contributed by atoms with Gasteiger partial charge < -0.3 is 9.52 Å². The first kappa shape index (κ1) is 31.6. The van der Waals surface area contributed by atoms with Crippen molar-refractivity contribution in [3.05, 3.63) is 126 Å². The third-order valence-corrected chi connectivity index (χ3v) is 7.18. The Morgan fingerprint density at radius 3 is 2.14 bits per heavy atom. The van der Waals surface area contributed by atoms with Gasteiger partial charge in [-0.1, -0.05) is 116 Å². The average molecular weight is 745 g/mol. The van der Waals surface area contributed by atoms with E-state index in [1.807, 2.05) is 30.5 Å². The summed E-state index contributed by atoms with van der Waals surface area (Å²) in [5, 5.41) is 11.7. The average Bonchev–Trinajstić information content (AvgIpc) is 3.32. The van der Waals surface area contributed by atoms with Gasteiger partial charge in [-0.15, -0.1) is 12.1 Å². The molecule has 6 aromatic rings. The number of nitrogens with zero attached hydrogens (tertiary/aromatic N) is 1. The Labute approximate surface area is 266 Å². The minimum atomic E-state index is -0.125. The number of ketones is 1. The van der Waals surface area contributed by atoms with Gasteiger partial charge in [0.05, 0.1) is 17.1 Å². The Morgan fingerprint density at radius 2 is 1.56 bits per heavy atom. The smallest absolute Gasteiger partial charge is 0.155 e. The van der Waals surface area contributed by atoms with Gasteiger partial charge in [-0.05, 0) is 53.3 Å². The molecule has 0 saturated carbocycles. The zero-order valence-corrected chi connectivity index (χ0v) is 27.3. The summed E-state index contributed by atoms with van der Waals surface area (Å²) in [4.78, 5) is 14.9. The van der Waals surface area contributed by atoms with Crippen molar-refractivity contribution in [2.75, 3.05) is 0 Å². The van der Waals surface area contributed by atoms with Crippen LogP contribution >= 0.6 is 0 Å². The summed E-state index contributed by atoms with van der Waals surface area (Å²) in [5.74, 6) is 1.27. The van der Waals surface area contributed by atoms with Crippen LogP contribution in [0.1, 0.15) is 44.7 Å². The number of aliphatic hydroxyl groups is 1. The molecule has 0 aliphatic carbocycles. The molecule has 0 aliphatic rings. The largest absolute Gasteiger partial charge is 0.512 e. The molecule has 2 aromatic heterocycles. The van der Waals surface area contributed by atoms with Gasteiger partial charge in [0, 0.05) is 43.6 Å². The van der Waals surface area contributed by atoms with E-state index >= 15 is 0 Å². The zero-order chi connectivity index (χ0) is 29.8. The number of rotatable bonds is 5. The zero-order valence-electron chi connectivity index (χ0n) is 24.9. The van der Waals surface area contributed by atoms with Crippen LogP contribution in [0.5, 0.6) is 0 Å². The fourth-order valence-electron chi connectivity index (χ4n) is 5.11. The van der Waals surface area contributed by atoms with Crippen molar-refractivity contribution in [1.29, 1.82) is 0 Å². The van der Waals surface area contributed by atoms with E-state index in [2.05, 4.69) is 93.6 Å². The van der Waals surface area contributed by atoms with Crippen LogP contribution in [-0.4, -0.2) is 15.9 Å². The Morgan fingerprint density at radius 1 is 0.907 bits per heavy atom. The number of furan rings is 1. The second-order valence-electron chi connectivity index (χ2n) is 10.8. The van der Waals surface area contributed by atoms with Crippen molar-refractivity contribution in [3.8, 4) is 33.7 Å². The number of allylic oxidation sites excluding steroid dienone is 2. The molecule has 1 radical (unpaired) electrons. The Balaban J connectivity index is 0.000000475. The summed E-state index contributed by atoms with van der Waals surface area (Å²) >= 11 is 0. The van der Waals surface area contributed by atoms with E-state index in [1.54, 1.807) is 0 Å². The summed E-state index contributed by atoms with van der Waals surface area (Å²) < 4.78 is 6.55. The van der Waals surface area contributed by atoms with Crippen LogP contribution in [0.25, 0.3) is 55.4 Å². The molecule has 2 heterocycles. The molecule has 5 heteroatoms. The van der Waals surface area contributed by atoms with Crippen molar-refractivity contribution < 1.29 is 34.4 Å². The number of pyridine rings is 1. The third-order valence-electron chi connectivity index (χ3n) is 7.18. The van der Waals surface area contributed by atoms with E-state index < -0.39 is 0 Å². The fraction of sp³-hybridized carbons (Fsp3) is 0.158. The molecule has 0 fully saturated rings. The van der Waals surface area contributed by atoms with Gasteiger partial charge in [-0.2, -0.15) is 0 Å². The number of carbonyl (C=O) groups excluding carboxylic acids is 1. The number of hydrogen-bond donors (Lipinski definition) is 1. The molecule has 0 spiro atoms. The maximum Gasteiger partial charge on any atom is 0.155 e. The van der Waals surface area contributed by atoms with Crippen LogP contribution in [0.4, 0.5) is 0 Å². The topological polar surface area (TPSA) is 63.3 Å². The number of fused-ring (bicyclic) bond motifs is 2. The normalized spacial score (nSPS) is 11.3. The molecule has 0 saturated heterocycles. The molecule has 1 N–H and O–H groups in total. The Kier molecular flexibility index (Phi) is 10.1. The summed E-state index contributed by atoms with van der Waals surface area (Å²) in [5.41, 5.74) is 8.43. The molecular weight excluding hydrogens is 711 g/mol.